The van der Waals surface area contributed by atoms with Crippen LogP contribution in [-0.2, 0) is 49.6 Å². The lowest BCUT2D eigenvalue weighted by Crippen LogP contribution is -2.58. The standard InChI is InChI=1S/C24H32N2O3.C21H24Cl2N2O.C21H28N2OS.C19H24Cl2N2OS.4ClH/c1-25(23(27)16-18-6-4-7-22-19(18)9-15-28-22)20-8-11-24(10-5-14-29-24)17-21(20)26-12-2-3-13-26;1-24(21(26)14-16-9-10-18(22)19(23)13-16)20(15-25-11-5-6-12-25)17-7-3-2-4-8-17;1-22(18-8-2-3-9-19(18)23-12-4-5-13-23)21(24)15-16-7-6-10-20-17(16)11-14-25-20;20-17-9-13-3-4-15(16(13)10-18(17)21)19(24)23-7-8-25-12-14(23)11-22-5-1-2-6-22;;;;/h4,6-7,9,15,20-21H,2-3,5,8,10-14,16-17H2,1H3;2-4,7-10,13,20H,5-6,11-12,14-15H2,1H3;6-7,10-11,14,18-19H,2-5,8-9,12-13,15H2,1H3;9-10,14-15H,1-8,11-12H2;4*1H/t20-,21-,24-;20-;18-,19-;;;;;/m010...../s1. The fraction of sp³-hybridized carbons (Fsp3) is 0.553. The number of carbonyl (C=O) groups is 4. The molecule has 16 rings (SSSR count). The Morgan fingerprint density at radius 2 is 1.19 bits per heavy atom. The monoisotopic (exact) mass is 1680 g/mol. The van der Waals surface area contributed by atoms with Gasteiger partial charge in [0.25, 0.3) is 0 Å². The largest absolute Gasteiger partial charge is 0.464 e. The summed E-state index contributed by atoms with van der Waals surface area (Å²) in [5.74, 6) is 2.91. The Kier molecular flexibility index (Phi) is 34.7. The van der Waals surface area contributed by atoms with Crippen LogP contribution in [0.5, 0.6) is 0 Å². The molecule has 0 N–H and O–H groups in total. The lowest BCUT2D eigenvalue weighted by molar-refractivity contribution is -0.137. The average Bonchev–Trinajstić information content (AvgIpc) is 1.74. The van der Waals surface area contributed by atoms with Crippen LogP contribution in [0.2, 0.25) is 20.1 Å². The lowest BCUT2D eigenvalue weighted by atomic mass is 9.76. The maximum atomic E-state index is 13.4. The zero-order valence-electron chi connectivity index (χ0n) is 63.5. The van der Waals surface area contributed by atoms with Crippen molar-refractivity contribution in [3.05, 3.63) is 174 Å². The van der Waals surface area contributed by atoms with Crippen LogP contribution < -0.4 is 0 Å². The second-order valence-corrected chi connectivity index (χ2v) is 34.7. The molecule has 3 aliphatic carbocycles. The van der Waals surface area contributed by atoms with E-state index >= 15 is 0 Å². The third-order valence-corrected chi connectivity index (χ3v) is 27.8. The summed E-state index contributed by atoms with van der Waals surface area (Å²) in [6.45, 7) is 13.0. The number of furan rings is 1. The normalized spacial score (nSPS) is 23.7. The molecule has 1 spiro atoms. The van der Waals surface area contributed by atoms with Crippen LogP contribution in [0.15, 0.2) is 125 Å². The first-order valence-corrected chi connectivity index (χ1v) is 42.7. The highest BCUT2D eigenvalue weighted by atomic mass is 35.5. The predicted octanol–water partition coefficient (Wildman–Crippen LogP) is 18.9. The van der Waals surface area contributed by atoms with Gasteiger partial charge < -0.3 is 38.6 Å². The number of fused-ring (bicyclic) bond motifs is 3. The van der Waals surface area contributed by atoms with Crippen molar-refractivity contribution in [1.82, 2.24) is 39.2 Å². The van der Waals surface area contributed by atoms with E-state index in [4.69, 9.17) is 55.6 Å². The number of thiophene rings is 1. The molecule has 14 nitrogen and oxygen atoms in total. The molecule has 2 saturated carbocycles. The summed E-state index contributed by atoms with van der Waals surface area (Å²) in [6.07, 6.45) is 25.6. The van der Waals surface area contributed by atoms with Crippen LogP contribution >= 0.6 is 119 Å². The molecule has 4 amide bonds. The second kappa shape index (κ2) is 42.5. The zero-order chi connectivity index (χ0) is 73.0. The van der Waals surface area contributed by atoms with E-state index in [0.29, 0.717) is 69.4 Å². The van der Waals surface area contributed by atoms with Gasteiger partial charge in [-0.15, -0.1) is 61.0 Å². The van der Waals surface area contributed by atoms with Crippen molar-refractivity contribution in [2.45, 2.75) is 189 Å². The summed E-state index contributed by atoms with van der Waals surface area (Å²) >= 11 is 28.2. The number of thioether (sulfide) groups is 1. The SMILES string of the molecule is CN(C(=O)Cc1ccc(Cl)c(Cl)c1)[C@H](CN1CCCC1)c1ccccc1.CN(C(=O)Cc1cccc2occc12)[C@H]1CC[C@@]2(CCCO2)C[C@@H]1N1CCCC1.CN(C(=O)Cc1cccc2sccc12)[C@H]1CCCC[C@@H]1N1CCCC1.Cl.Cl.Cl.Cl.O=C(C1CCc2cc(Cl)c(Cl)cc21)N1CCSCC1CN1CCCC1. The third-order valence-electron chi connectivity index (χ3n) is 24.4. The molecule has 6 saturated heterocycles. The predicted molar refractivity (Wildman–Crippen MR) is 461 cm³/mol. The molecule has 6 aliphatic heterocycles. The average molecular weight is 1690 g/mol. The van der Waals surface area contributed by atoms with Crippen LogP contribution in [0.4, 0.5) is 0 Å². The highest BCUT2D eigenvalue weighted by Gasteiger charge is 2.48. The van der Waals surface area contributed by atoms with Gasteiger partial charge in [0, 0.05) is 93.1 Å². The van der Waals surface area contributed by atoms with Gasteiger partial charge in [-0.05, 0) is 254 Å². The number of hydrogen-bond acceptors (Lipinski definition) is 12. The van der Waals surface area contributed by atoms with E-state index in [1.54, 1.807) is 29.7 Å². The maximum Gasteiger partial charge on any atom is 0.230 e. The smallest absolute Gasteiger partial charge is 0.230 e. The first-order valence-electron chi connectivity index (χ1n) is 39.2. The Balaban J connectivity index is 0.000000166. The summed E-state index contributed by atoms with van der Waals surface area (Å²) in [5, 5.41) is 6.55. The van der Waals surface area contributed by atoms with Crippen LogP contribution in [0.1, 0.15) is 161 Å². The molecule has 2 unspecified atom stereocenters. The summed E-state index contributed by atoms with van der Waals surface area (Å²) in [6, 6.07) is 38.0. The molecule has 24 heteroatoms. The van der Waals surface area contributed by atoms with Gasteiger partial charge in [0.15, 0.2) is 0 Å². The minimum absolute atomic E-state index is 0. The highest BCUT2D eigenvalue weighted by Crippen LogP contribution is 2.44. The summed E-state index contributed by atoms with van der Waals surface area (Å²) in [5.41, 5.74) is 7.48. The van der Waals surface area contributed by atoms with Crippen LogP contribution in [0.3, 0.4) is 0 Å². The number of amides is 4. The van der Waals surface area contributed by atoms with Gasteiger partial charge in [-0.1, -0.05) is 120 Å². The van der Waals surface area contributed by atoms with E-state index in [2.05, 4.69) is 71.2 Å². The third kappa shape index (κ3) is 22.3. The number of benzene rings is 5. The number of likely N-dealkylation sites (tertiary alicyclic amines) is 4. The molecule has 7 aromatic rings. The fourth-order valence-electron chi connectivity index (χ4n) is 18.5. The molecule has 2 aromatic heterocycles. The van der Waals surface area contributed by atoms with Crippen molar-refractivity contribution in [3.63, 3.8) is 0 Å². The molecule has 0 bridgehead atoms. The molecule has 8 heterocycles. The van der Waals surface area contributed by atoms with Gasteiger partial charge in [-0.25, -0.2) is 0 Å². The first-order chi connectivity index (χ1) is 51.1. The van der Waals surface area contributed by atoms with Gasteiger partial charge >= 0.3 is 0 Å². The molecule has 9 aliphatic rings. The molecule has 8 fully saturated rings. The number of hydrogen-bond donors (Lipinski definition) is 0. The highest BCUT2D eigenvalue weighted by molar-refractivity contribution is 7.99. The first kappa shape index (κ1) is 88.9. The second-order valence-electron chi connectivity index (χ2n) is 31.0. The number of carbonyl (C=O) groups excluding carboxylic acids is 4. The van der Waals surface area contributed by atoms with Gasteiger partial charge in [-0.2, -0.15) is 11.8 Å². The molecular weight excluding hydrogens is 1580 g/mol. The van der Waals surface area contributed by atoms with Crippen molar-refractivity contribution >= 4 is 164 Å². The van der Waals surface area contributed by atoms with E-state index in [9.17, 15) is 19.2 Å². The van der Waals surface area contributed by atoms with Crippen molar-refractivity contribution in [1.29, 1.82) is 0 Å². The molecule has 0 radical (unpaired) electrons. The van der Waals surface area contributed by atoms with Crippen LogP contribution in [-0.4, -0.2) is 210 Å². The van der Waals surface area contributed by atoms with Gasteiger partial charge in [-0.3, -0.25) is 29.0 Å². The number of halogens is 8. The Hall–Kier alpha value is -4.05. The number of nitrogens with zero attached hydrogens (tertiary/aromatic N) is 8. The topological polar surface area (TPSA) is 117 Å². The van der Waals surface area contributed by atoms with E-state index in [-0.39, 0.29) is 91.0 Å². The van der Waals surface area contributed by atoms with Gasteiger partial charge in [0.05, 0.1) is 69.2 Å². The van der Waals surface area contributed by atoms with Gasteiger partial charge in [0.2, 0.25) is 23.6 Å². The molecular formula is C85H112Cl8N8O6S2. The Bertz CT molecular complexity index is 4050. The fourth-order valence-corrected chi connectivity index (χ4v) is 21.1. The maximum absolute atomic E-state index is 13.4. The van der Waals surface area contributed by atoms with E-state index < -0.39 is 0 Å². The number of aryl methyl sites for hydroxylation is 1. The lowest BCUT2D eigenvalue weighted by Gasteiger charge is -2.48. The molecule has 109 heavy (non-hydrogen) atoms. The van der Waals surface area contributed by atoms with E-state index in [0.717, 1.165) is 130 Å². The van der Waals surface area contributed by atoms with Crippen molar-refractivity contribution < 1.29 is 28.3 Å². The summed E-state index contributed by atoms with van der Waals surface area (Å²) < 4.78 is 13.0. The van der Waals surface area contributed by atoms with Crippen molar-refractivity contribution in [2.75, 3.05) is 111 Å². The Labute approximate surface area is 700 Å². The Morgan fingerprint density at radius 3 is 1.87 bits per heavy atom. The summed E-state index contributed by atoms with van der Waals surface area (Å²) in [4.78, 5) is 71.0. The molecule has 596 valence electrons. The van der Waals surface area contributed by atoms with Crippen molar-refractivity contribution in [2.24, 2.45) is 0 Å². The number of likely N-dealkylation sites (N-methyl/N-ethyl adjacent to an activating group) is 3. The minimum atomic E-state index is -0.0473. The zero-order valence-corrected chi connectivity index (χ0v) is 71.5. The Morgan fingerprint density at radius 1 is 0.569 bits per heavy atom. The molecule has 8 atom stereocenters. The van der Waals surface area contributed by atoms with Crippen molar-refractivity contribution in [3.8, 4) is 0 Å². The van der Waals surface area contributed by atoms with Crippen LogP contribution in [0, 0.1) is 0 Å². The van der Waals surface area contributed by atoms with E-state index in [1.165, 1.54) is 136 Å². The van der Waals surface area contributed by atoms with Gasteiger partial charge in [0.1, 0.15) is 5.58 Å². The molecule has 5 aromatic carbocycles. The van der Waals surface area contributed by atoms with Crippen LogP contribution in [0.25, 0.3) is 21.1 Å². The van der Waals surface area contributed by atoms with E-state index in [1.807, 2.05) is 103 Å². The number of ether oxygens (including phenoxy) is 1. The minimum Gasteiger partial charge on any atom is -0.464 e. The summed E-state index contributed by atoms with van der Waals surface area (Å²) in [7, 11) is 5.95. The number of rotatable bonds is 17. The quantitative estimate of drug-likeness (QED) is 0.0867.